The van der Waals surface area contributed by atoms with E-state index in [1.807, 2.05) is 0 Å². The minimum absolute atomic E-state index is 1.01. The van der Waals surface area contributed by atoms with Crippen molar-refractivity contribution in [2.45, 2.75) is 39.5 Å². The lowest BCUT2D eigenvalue weighted by Crippen LogP contribution is -2.06. The molecule has 2 rings (SSSR count). The molecule has 58 valence electrons. The topological polar surface area (TPSA) is 0 Å². The molecule has 0 heteroatoms. The van der Waals surface area contributed by atoms with E-state index in [0.717, 1.165) is 23.7 Å². The molecule has 0 aromatic carbocycles. The predicted octanol–water partition coefficient (Wildman–Crippen LogP) is 3.08. The fourth-order valence-corrected chi connectivity index (χ4v) is 2.42. The summed E-state index contributed by atoms with van der Waals surface area (Å²) in [6.45, 7) is 4.86. The molecule has 0 bridgehead atoms. The lowest BCUT2D eigenvalue weighted by molar-refractivity contribution is 0.348. The van der Waals surface area contributed by atoms with Gasteiger partial charge in [0.05, 0.1) is 0 Å². The van der Waals surface area contributed by atoms with Gasteiger partial charge in [-0.15, -0.1) is 0 Å². The molecule has 4 unspecified atom stereocenters. The Morgan fingerprint density at radius 3 is 2.40 bits per heavy atom. The summed E-state index contributed by atoms with van der Waals surface area (Å²) in [6.07, 6.45) is 6.14. The largest absolute Gasteiger partial charge is 0.0623 e. The molecule has 0 nitrogen and oxygen atoms in total. The Kier molecular flexibility index (Phi) is 1.51. The Hall–Kier alpha value is 0. The van der Waals surface area contributed by atoms with E-state index in [2.05, 4.69) is 13.8 Å². The Balaban J connectivity index is 1.96. The van der Waals surface area contributed by atoms with Gasteiger partial charge in [-0.25, -0.2) is 0 Å². The molecule has 4 atom stereocenters. The fourth-order valence-electron chi connectivity index (χ4n) is 2.42. The van der Waals surface area contributed by atoms with Crippen molar-refractivity contribution in [3.63, 3.8) is 0 Å². The van der Waals surface area contributed by atoms with Crippen LogP contribution in [0.2, 0.25) is 0 Å². The van der Waals surface area contributed by atoms with Gasteiger partial charge in [-0.2, -0.15) is 0 Å². The van der Waals surface area contributed by atoms with E-state index in [1.165, 1.54) is 19.3 Å². The van der Waals surface area contributed by atoms with Crippen LogP contribution in [0.4, 0.5) is 0 Å². The number of hydrogen-bond donors (Lipinski definition) is 0. The minimum atomic E-state index is 1.01. The third-order valence-electron chi connectivity index (χ3n) is 3.71. The van der Waals surface area contributed by atoms with Crippen LogP contribution in [0.1, 0.15) is 39.5 Å². The van der Waals surface area contributed by atoms with Crippen LogP contribution in [0, 0.1) is 23.7 Å². The molecule has 0 spiro atoms. The molecule has 0 aromatic heterocycles. The summed E-state index contributed by atoms with van der Waals surface area (Å²) in [7, 11) is 0. The van der Waals surface area contributed by atoms with E-state index >= 15 is 0 Å². The Morgan fingerprint density at radius 2 is 1.60 bits per heavy atom. The normalized spacial score (nSPS) is 53.4. The van der Waals surface area contributed by atoms with E-state index in [0.29, 0.717) is 0 Å². The van der Waals surface area contributed by atoms with Gasteiger partial charge in [-0.05, 0) is 42.9 Å². The van der Waals surface area contributed by atoms with E-state index in [4.69, 9.17) is 0 Å². The predicted molar refractivity (Wildman–Crippen MR) is 43.8 cm³/mol. The molecule has 0 aromatic rings. The van der Waals surface area contributed by atoms with Crippen molar-refractivity contribution in [1.29, 1.82) is 0 Å². The highest BCUT2D eigenvalue weighted by Gasteiger charge is 2.40. The average Bonchev–Trinajstić information content (AvgIpc) is 2.61. The number of rotatable bonds is 0. The van der Waals surface area contributed by atoms with Gasteiger partial charge in [-0.3, -0.25) is 0 Å². The van der Waals surface area contributed by atoms with Crippen molar-refractivity contribution in [2.75, 3.05) is 0 Å². The summed E-state index contributed by atoms with van der Waals surface area (Å²) in [5, 5.41) is 0. The minimum Gasteiger partial charge on any atom is -0.0623 e. The van der Waals surface area contributed by atoms with Crippen molar-refractivity contribution in [3.05, 3.63) is 0 Å². The summed E-state index contributed by atoms with van der Waals surface area (Å²) in [6, 6.07) is 0. The summed E-state index contributed by atoms with van der Waals surface area (Å²) < 4.78 is 0. The molecule has 0 saturated heterocycles. The van der Waals surface area contributed by atoms with Gasteiger partial charge in [0.1, 0.15) is 0 Å². The monoisotopic (exact) mass is 138 g/mol. The molecule has 2 aliphatic carbocycles. The van der Waals surface area contributed by atoms with Crippen molar-refractivity contribution < 1.29 is 0 Å². The van der Waals surface area contributed by atoms with Gasteiger partial charge >= 0.3 is 0 Å². The molecule has 0 heterocycles. The fraction of sp³-hybridized carbons (Fsp3) is 1.00. The highest BCUT2D eigenvalue weighted by atomic mass is 14.5. The smallest absolute Gasteiger partial charge is 0.0380 e. The van der Waals surface area contributed by atoms with E-state index in [-0.39, 0.29) is 0 Å². The quantitative estimate of drug-likeness (QED) is 0.482. The Bertz CT molecular complexity index is 128. The first-order chi connectivity index (χ1) is 4.77. The zero-order valence-electron chi connectivity index (χ0n) is 7.14. The van der Waals surface area contributed by atoms with Crippen molar-refractivity contribution in [1.82, 2.24) is 0 Å². The molecule has 0 aliphatic heterocycles. The van der Waals surface area contributed by atoms with Gasteiger partial charge in [0.25, 0.3) is 0 Å². The second-order valence-electron chi connectivity index (χ2n) is 4.52. The summed E-state index contributed by atoms with van der Waals surface area (Å²) in [5.74, 6) is 4.33. The van der Waals surface area contributed by atoms with Gasteiger partial charge in [0.15, 0.2) is 0 Å². The molecule has 2 aliphatic rings. The van der Waals surface area contributed by atoms with Gasteiger partial charge in [-0.1, -0.05) is 20.3 Å². The molecule has 0 amide bonds. The van der Waals surface area contributed by atoms with Crippen LogP contribution >= 0.6 is 0 Å². The van der Waals surface area contributed by atoms with Crippen molar-refractivity contribution in [2.24, 2.45) is 23.7 Å². The standard InChI is InChI=1S/C10H18/c1-7-3-4-9-6-10(9)5-8(7)2/h7-10H,3-6H2,1-2H3. The van der Waals surface area contributed by atoms with Crippen LogP contribution in [0.25, 0.3) is 0 Å². The van der Waals surface area contributed by atoms with Gasteiger partial charge < -0.3 is 0 Å². The lowest BCUT2D eigenvalue weighted by atomic mass is 9.90. The van der Waals surface area contributed by atoms with E-state index < -0.39 is 0 Å². The summed E-state index contributed by atoms with van der Waals surface area (Å²) >= 11 is 0. The van der Waals surface area contributed by atoms with Crippen LogP contribution in [-0.2, 0) is 0 Å². The van der Waals surface area contributed by atoms with Crippen LogP contribution in [0.3, 0.4) is 0 Å². The molecule has 10 heavy (non-hydrogen) atoms. The first kappa shape index (κ1) is 6.69. The lowest BCUT2D eigenvalue weighted by Gasteiger charge is -2.16. The highest BCUT2D eigenvalue weighted by molar-refractivity contribution is 4.90. The SMILES string of the molecule is CC1CCC2CC2CC1C. The maximum absolute atomic E-state index is 2.44. The Labute approximate surface area is 64.0 Å². The summed E-state index contributed by atoms with van der Waals surface area (Å²) in [5.41, 5.74) is 0. The molecule has 0 N–H and O–H groups in total. The summed E-state index contributed by atoms with van der Waals surface area (Å²) in [4.78, 5) is 0. The van der Waals surface area contributed by atoms with Gasteiger partial charge in [0, 0.05) is 0 Å². The third kappa shape index (κ3) is 1.09. The van der Waals surface area contributed by atoms with Crippen LogP contribution in [0.15, 0.2) is 0 Å². The third-order valence-corrected chi connectivity index (χ3v) is 3.71. The van der Waals surface area contributed by atoms with Gasteiger partial charge in [0.2, 0.25) is 0 Å². The highest BCUT2D eigenvalue weighted by Crippen LogP contribution is 2.50. The number of hydrogen-bond acceptors (Lipinski definition) is 0. The van der Waals surface area contributed by atoms with Crippen molar-refractivity contribution >= 4 is 0 Å². The second kappa shape index (κ2) is 2.25. The molecule has 2 fully saturated rings. The van der Waals surface area contributed by atoms with Crippen LogP contribution < -0.4 is 0 Å². The maximum Gasteiger partial charge on any atom is -0.0380 e. The molecular weight excluding hydrogens is 120 g/mol. The zero-order chi connectivity index (χ0) is 7.14. The van der Waals surface area contributed by atoms with Crippen LogP contribution in [-0.4, -0.2) is 0 Å². The van der Waals surface area contributed by atoms with E-state index in [9.17, 15) is 0 Å². The van der Waals surface area contributed by atoms with Crippen LogP contribution in [0.5, 0.6) is 0 Å². The molecular formula is C10H18. The van der Waals surface area contributed by atoms with E-state index in [1.54, 1.807) is 6.42 Å². The second-order valence-corrected chi connectivity index (χ2v) is 4.52. The Morgan fingerprint density at radius 1 is 0.800 bits per heavy atom. The molecule has 0 radical (unpaired) electrons. The van der Waals surface area contributed by atoms with Crippen molar-refractivity contribution in [3.8, 4) is 0 Å². The molecule has 2 saturated carbocycles. The number of fused-ring (bicyclic) bond motifs is 1. The average molecular weight is 138 g/mol. The zero-order valence-corrected chi connectivity index (χ0v) is 7.14. The first-order valence-corrected chi connectivity index (χ1v) is 4.77. The first-order valence-electron chi connectivity index (χ1n) is 4.77. The maximum atomic E-state index is 2.44.